The van der Waals surface area contributed by atoms with Gasteiger partial charge in [-0.05, 0) is 25.5 Å². The van der Waals surface area contributed by atoms with Gasteiger partial charge < -0.3 is 15.4 Å². The van der Waals surface area contributed by atoms with Crippen molar-refractivity contribution >= 4 is 11.6 Å². The zero-order chi connectivity index (χ0) is 16.7. The maximum Gasteiger partial charge on any atom is 0.242 e. The lowest BCUT2D eigenvalue weighted by Gasteiger charge is -2.18. The van der Waals surface area contributed by atoms with Crippen LogP contribution in [0.3, 0.4) is 0 Å². The zero-order valence-corrected chi connectivity index (χ0v) is 13.7. The highest BCUT2D eigenvalue weighted by molar-refractivity contribution is 5.84. The molecular weight excluding hydrogens is 292 g/mol. The Hall–Kier alpha value is -2.63. The number of methoxy groups -OCH3 is 1. The first-order chi connectivity index (χ1) is 11.1. The highest BCUT2D eigenvalue weighted by Crippen LogP contribution is 2.18. The molecule has 0 spiro atoms. The largest absolute Gasteiger partial charge is 0.497 e. The predicted octanol–water partition coefficient (Wildman–Crippen LogP) is 2.30. The van der Waals surface area contributed by atoms with Crippen LogP contribution in [0.25, 0.3) is 0 Å². The molecule has 122 valence electrons. The number of ether oxygens (including phenoxy) is 1. The van der Waals surface area contributed by atoms with Crippen molar-refractivity contribution < 1.29 is 9.53 Å². The van der Waals surface area contributed by atoms with E-state index in [1.807, 2.05) is 38.1 Å². The van der Waals surface area contributed by atoms with Gasteiger partial charge in [-0.15, -0.1) is 0 Å². The van der Waals surface area contributed by atoms with Gasteiger partial charge in [0.25, 0.3) is 0 Å². The number of aromatic nitrogens is 2. The molecule has 0 unspecified atom stereocenters. The fourth-order valence-corrected chi connectivity index (χ4v) is 2.08. The van der Waals surface area contributed by atoms with Gasteiger partial charge in [0.1, 0.15) is 11.8 Å². The first kappa shape index (κ1) is 16.7. The Bertz CT molecular complexity index is 643. The SMILES string of the molecule is CC[C@H](Nc1cccc(OC)c1)C(=O)NCc1cnc(C)cn1. The van der Waals surface area contributed by atoms with E-state index in [0.29, 0.717) is 13.0 Å². The molecule has 2 N–H and O–H groups in total. The highest BCUT2D eigenvalue weighted by atomic mass is 16.5. The van der Waals surface area contributed by atoms with Crippen molar-refractivity contribution in [3.8, 4) is 5.75 Å². The Balaban J connectivity index is 1.93. The molecular formula is C17H22N4O2. The van der Waals surface area contributed by atoms with Crippen LogP contribution in [0, 0.1) is 6.92 Å². The van der Waals surface area contributed by atoms with E-state index in [9.17, 15) is 4.79 Å². The summed E-state index contributed by atoms with van der Waals surface area (Å²) in [6.45, 7) is 4.20. The number of hydrogen-bond donors (Lipinski definition) is 2. The van der Waals surface area contributed by atoms with E-state index in [2.05, 4.69) is 20.6 Å². The van der Waals surface area contributed by atoms with Gasteiger partial charge in [-0.25, -0.2) is 0 Å². The summed E-state index contributed by atoms with van der Waals surface area (Å²) in [5.74, 6) is 0.679. The number of aryl methyl sites for hydroxylation is 1. The Labute approximate surface area is 136 Å². The molecule has 0 fully saturated rings. The third kappa shape index (κ3) is 4.95. The predicted molar refractivity (Wildman–Crippen MR) is 89.3 cm³/mol. The first-order valence-corrected chi connectivity index (χ1v) is 7.58. The second-order valence-electron chi connectivity index (χ2n) is 5.20. The number of nitrogens with zero attached hydrogens (tertiary/aromatic N) is 2. The number of amides is 1. The maximum atomic E-state index is 12.3. The summed E-state index contributed by atoms with van der Waals surface area (Å²) < 4.78 is 5.19. The van der Waals surface area contributed by atoms with Gasteiger partial charge in [0.05, 0.1) is 31.2 Å². The van der Waals surface area contributed by atoms with Crippen molar-refractivity contribution in [1.29, 1.82) is 0 Å². The van der Waals surface area contributed by atoms with Crippen LogP contribution < -0.4 is 15.4 Å². The van der Waals surface area contributed by atoms with Crippen molar-refractivity contribution in [2.75, 3.05) is 12.4 Å². The van der Waals surface area contributed by atoms with E-state index in [1.165, 1.54) is 0 Å². The molecule has 0 aliphatic heterocycles. The molecule has 0 bridgehead atoms. The summed E-state index contributed by atoms with van der Waals surface area (Å²) in [5.41, 5.74) is 2.44. The monoisotopic (exact) mass is 314 g/mol. The minimum atomic E-state index is -0.319. The Morgan fingerprint density at radius 2 is 2.13 bits per heavy atom. The molecule has 1 aromatic heterocycles. The first-order valence-electron chi connectivity index (χ1n) is 7.58. The quantitative estimate of drug-likeness (QED) is 0.820. The van der Waals surface area contributed by atoms with E-state index in [4.69, 9.17) is 4.74 Å². The van der Waals surface area contributed by atoms with E-state index in [0.717, 1.165) is 22.8 Å². The molecule has 1 aromatic carbocycles. The van der Waals surface area contributed by atoms with Gasteiger partial charge in [0.2, 0.25) is 5.91 Å². The Kier molecular flexibility index (Phi) is 5.91. The van der Waals surface area contributed by atoms with Crippen molar-refractivity contribution in [3.05, 3.63) is 48.0 Å². The number of anilines is 1. The molecule has 23 heavy (non-hydrogen) atoms. The van der Waals surface area contributed by atoms with Crippen molar-refractivity contribution in [3.63, 3.8) is 0 Å². The summed E-state index contributed by atoms with van der Waals surface area (Å²) in [6, 6.07) is 7.20. The van der Waals surface area contributed by atoms with Crippen LogP contribution in [0.1, 0.15) is 24.7 Å². The van der Waals surface area contributed by atoms with E-state index < -0.39 is 0 Å². The van der Waals surface area contributed by atoms with Crippen molar-refractivity contribution in [2.24, 2.45) is 0 Å². The van der Waals surface area contributed by atoms with Crippen LogP contribution in [0.2, 0.25) is 0 Å². The molecule has 2 rings (SSSR count). The Morgan fingerprint density at radius 1 is 1.30 bits per heavy atom. The normalized spacial score (nSPS) is 11.6. The highest BCUT2D eigenvalue weighted by Gasteiger charge is 2.16. The van der Waals surface area contributed by atoms with Crippen LogP contribution in [-0.4, -0.2) is 29.0 Å². The Morgan fingerprint density at radius 3 is 2.78 bits per heavy atom. The van der Waals surface area contributed by atoms with E-state index >= 15 is 0 Å². The number of carbonyl (C=O) groups excluding carboxylic acids is 1. The van der Waals surface area contributed by atoms with E-state index in [1.54, 1.807) is 19.5 Å². The molecule has 1 amide bonds. The van der Waals surface area contributed by atoms with Crippen LogP contribution in [0.5, 0.6) is 5.75 Å². The molecule has 0 aliphatic carbocycles. The number of nitrogens with one attached hydrogen (secondary N) is 2. The average Bonchev–Trinajstić information content (AvgIpc) is 2.59. The zero-order valence-electron chi connectivity index (χ0n) is 13.7. The molecule has 6 nitrogen and oxygen atoms in total. The molecule has 1 heterocycles. The summed E-state index contributed by atoms with van der Waals surface area (Å²) in [4.78, 5) is 20.7. The van der Waals surface area contributed by atoms with Crippen molar-refractivity contribution in [1.82, 2.24) is 15.3 Å². The standard InChI is InChI=1S/C17H22N4O2/c1-4-16(21-13-6-5-7-15(8-13)23-3)17(22)20-11-14-10-18-12(2)9-19-14/h5-10,16,21H,4,11H2,1-3H3,(H,20,22)/t16-/m0/s1. The summed E-state index contributed by atoms with van der Waals surface area (Å²) in [5, 5.41) is 6.10. The molecule has 1 atom stereocenters. The molecule has 0 saturated carbocycles. The lowest BCUT2D eigenvalue weighted by molar-refractivity contribution is -0.122. The van der Waals surface area contributed by atoms with Gasteiger partial charge in [0.15, 0.2) is 0 Å². The van der Waals surface area contributed by atoms with Crippen LogP contribution in [0.4, 0.5) is 5.69 Å². The number of rotatable bonds is 7. The number of carbonyl (C=O) groups is 1. The van der Waals surface area contributed by atoms with Crippen LogP contribution in [-0.2, 0) is 11.3 Å². The van der Waals surface area contributed by atoms with Crippen molar-refractivity contribution in [2.45, 2.75) is 32.9 Å². The minimum absolute atomic E-state index is 0.0716. The lowest BCUT2D eigenvalue weighted by Crippen LogP contribution is -2.39. The second-order valence-corrected chi connectivity index (χ2v) is 5.20. The number of hydrogen-bond acceptors (Lipinski definition) is 5. The molecule has 2 aromatic rings. The summed E-state index contributed by atoms with van der Waals surface area (Å²) >= 11 is 0. The fourth-order valence-electron chi connectivity index (χ4n) is 2.08. The molecule has 6 heteroatoms. The van der Waals surface area contributed by atoms with Gasteiger partial charge in [-0.2, -0.15) is 0 Å². The smallest absolute Gasteiger partial charge is 0.242 e. The van der Waals surface area contributed by atoms with Gasteiger partial charge in [-0.3, -0.25) is 14.8 Å². The fraction of sp³-hybridized carbons (Fsp3) is 0.353. The molecule has 0 radical (unpaired) electrons. The lowest BCUT2D eigenvalue weighted by atomic mass is 10.2. The minimum Gasteiger partial charge on any atom is -0.497 e. The van der Waals surface area contributed by atoms with Gasteiger partial charge in [0, 0.05) is 18.0 Å². The summed E-state index contributed by atoms with van der Waals surface area (Å²) in [7, 11) is 1.62. The number of benzene rings is 1. The van der Waals surface area contributed by atoms with Crippen LogP contribution in [0.15, 0.2) is 36.7 Å². The maximum absolute atomic E-state index is 12.3. The molecule has 0 aliphatic rings. The third-order valence-corrected chi connectivity index (χ3v) is 3.41. The van der Waals surface area contributed by atoms with Gasteiger partial charge >= 0.3 is 0 Å². The van der Waals surface area contributed by atoms with E-state index in [-0.39, 0.29) is 11.9 Å². The average molecular weight is 314 g/mol. The van der Waals surface area contributed by atoms with Crippen LogP contribution >= 0.6 is 0 Å². The topological polar surface area (TPSA) is 76.1 Å². The second kappa shape index (κ2) is 8.12. The third-order valence-electron chi connectivity index (χ3n) is 3.41. The van der Waals surface area contributed by atoms with Gasteiger partial charge in [-0.1, -0.05) is 13.0 Å². The molecule has 0 saturated heterocycles. The summed E-state index contributed by atoms with van der Waals surface area (Å²) in [6.07, 6.45) is 4.03.